The molecule has 1 aromatic carbocycles. The van der Waals surface area contributed by atoms with E-state index >= 15 is 0 Å². The van der Waals surface area contributed by atoms with E-state index in [-0.39, 0.29) is 4.70 Å². The highest BCUT2D eigenvalue weighted by Gasteiger charge is 1.75. The molecule has 0 aliphatic carbocycles. The van der Waals surface area contributed by atoms with Crippen molar-refractivity contribution in [2.75, 3.05) is 0 Å². The molecule has 0 unspecified atom stereocenters. The summed E-state index contributed by atoms with van der Waals surface area (Å²) in [5, 5.41) is 0. The molecule has 0 amide bonds. The molecular weight excluding hydrogens is 115 g/mol. The van der Waals surface area contributed by atoms with Crippen LogP contribution in [0.25, 0.3) is 6.08 Å². The molecule has 0 radical (unpaired) electrons. The second-order valence-electron chi connectivity index (χ2n) is 1.61. The van der Waals surface area contributed by atoms with Crippen LogP contribution < -0.4 is 4.70 Å². The summed E-state index contributed by atoms with van der Waals surface area (Å²) < 4.78 is 0. The predicted molar refractivity (Wildman–Crippen MR) is 36.5 cm³/mol. The molecule has 0 bridgehead atoms. The summed E-state index contributed by atoms with van der Waals surface area (Å²) in [6.45, 7) is 3.63. The molecule has 0 heterocycles. The molecule has 0 atom stereocenters. The van der Waals surface area contributed by atoms with Crippen molar-refractivity contribution >= 4 is 6.08 Å². The van der Waals surface area contributed by atoms with Gasteiger partial charge in [-0.2, -0.15) is 0 Å². The van der Waals surface area contributed by atoms with Crippen molar-refractivity contribution in [3.8, 4) is 0 Å². The van der Waals surface area contributed by atoms with Crippen LogP contribution in [0.15, 0.2) is 36.9 Å². The van der Waals surface area contributed by atoms with Crippen molar-refractivity contribution < 1.29 is 4.70 Å². The third-order valence-corrected chi connectivity index (χ3v) is 1.04. The van der Waals surface area contributed by atoms with Crippen LogP contribution in [0.4, 0.5) is 0 Å². The van der Waals surface area contributed by atoms with Gasteiger partial charge in [0.15, 0.2) is 0 Å². The van der Waals surface area contributed by atoms with Crippen molar-refractivity contribution in [3.05, 3.63) is 42.5 Å². The first-order valence-corrected chi connectivity index (χ1v) is 2.61. The zero-order valence-corrected chi connectivity index (χ0v) is 5.05. The molecule has 9 heavy (non-hydrogen) atoms. The molecule has 48 valence electrons. The highest BCUT2D eigenvalue weighted by atomic mass is 19.0. The van der Waals surface area contributed by atoms with Gasteiger partial charge in [-0.3, -0.25) is 0 Å². The molecular formula is C8H8F-. The van der Waals surface area contributed by atoms with E-state index in [0.717, 1.165) is 0 Å². The van der Waals surface area contributed by atoms with E-state index in [2.05, 4.69) is 6.58 Å². The SMILES string of the molecule is C=Cc1ccccc1.[F-]. The predicted octanol–water partition coefficient (Wildman–Crippen LogP) is -0.666. The molecule has 0 saturated heterocycles. The Kier molecular flexibility index (Phi) is 3.37. The van der Waals surface area contributed by atoms with Crippen LogP contribution in [-0.2, 0) is 0 Å². The van der Waals surface area contributed by atoms with Gasteiger partial charge in [0, 0.05) is 0 Å². The normalized spacial score (nSPS) is 7.56. The van der Waals surface area contributed by atoms with E-state index in [1.165, 1.54) is 5.56 Å². The van der Waals surface area contributed by atoms with Crippen LogP contribution >= 0.6 is 0 Å². The first kappa shape index (κ1) is 7.89. The van der Waals surface area contributed by atoms with Gasteiger partial charge in [-0.15, -0.1) is 0 Å². The number of hydrogen-bond donors (Lipinski definition) is 0. The first-order chi connectivity index (χ1) is 3.93. The molecule has 0 spiro atoms. The van der Waals surface area contributed by atoms with Gasteiger partial charge in [-0.25, -0.2) is 0 Å². The minimum absolute atomic E-state index is 0. The standard InChI is InChI=1S/C8H8.FH/c1-2-8-6-4-3-5-7-8;/h2-7H,1H2;1H/p-1. The maximum atomic E-state index is 3.63. The van der Waals surface area contributed by atoms with Gasteiger partial charge in [-0.1, -0.05) is 43.0 Å². The Bertz CT molecular complexity index is 167. The van der Waals surface area contributed by atoms with Crippen LogP contribution in [0.5, 0.6) is 0 Å². The highest BCUT2D eigenvalue weighted by Crippen LogP contribution is 1.97. The Balaban J connectivity index is 0.000000640. The molecule has 0 N–H and O–H groups in total. The second kappa shape index (κ2) is 3.84. The van der Waals surface area contributed by atoms with Crippen molar-refractivity contribution in [2.45, 2.75) is 0 Å². The summed E-state index contributed by atoms with van der Waals surface area (Å²) in [4.78, 5) is 0. The molecule has 0 fully saturated rings. The molecule has 0 saturated carbocycles. The van der Waals surface area contributed by atoms with E-state index in [1.807, 2.05) is 36.4 Å². The van der Waals surface area contributed by atoms with Crippen LogP contribution in [0.2, 0.25) is 0 Å². The summed E-state index contributed by atoms with van der Waals surface area (Å²) in [5.41, 5.74) is 1.17. The fraction of sp³-hybridized carbons (Fsp3) is 0. The summed E-state index contributed by atoms with van der Waals surface area (Å²) in [6, 6.07) is 10.0. The van der Waals surface area contributed by atoms with Crippen LogP contribution in [-0.4, -0.2) is 0 Å². The lowest BCUT2D eigenvalue weighted by atomic mass is 10.2. The summed E-state index contributed by atoms with van der Waals surface area (Å²) in [6.07, 6.45) is 1.83. The van der Waals surface area contributed by atoms with Crippen molar-refractivity contribution in [3.63, 3.8) is 0 Å². The quantitative estimate of drug-likeness (QED) is 0.465. The number of rotatable bonds is 1. The lowest BCUT2D eigenvalue weighted by Gasteiger charge is -1.85. The number of halogens is 1. The third-order valence-electron chi connectivity index (χ3n) is 1.04. The molecule has 1 aromatic rings. The maximum Gasteiger partial charge on any atom is -0.0263 e. The van der Waals surface area contributed by atoms with E-state index in [0.29, 0.717) is 0 Å². The Morgan fingerprint density at radius 2 is 1.67 bits per heavy atom. The van der Waals surface area contributed by atoms with Gasteiger partial charge in [0.05, 0.1) is 0 Å². The molecule has 0 nitrogen and oxygen atoms in total. The smallest absolute Gasteiger partial charge is 0.0263 e. The molecule has 0 aromatic heterocycles. The largest absolute Gasteiger partial charge is 1.00 e. The second-order valence-corrected chi connectivity index (χ2v) is 1.61. The summed E-state index contributed by atoms with van der Waals surface area (Å²) in [5.74, 6) is 0. The van der Waals surface area contributed by atoms with E-state index in [1.54, 1.807) is 0 Å². The topological polar surface area (TPSA) is 0 Å². The Morgan fingerprint density at radius 1 is 1.11 bits per heavy atom. The van der Waals surface area contributed by atoms with E-state index < -0.39 is 0 Å². The maximum absolute atomic E-state index is 3.63. The van der Waals surface area contributed by atoms with Crippen LogP contribution in [0, 0.1) is 0 Å². The van der Waals surface area contributed by atoms with Crippen LogP contribution in [0.3, 0.4) is 0 Å². The van der Waals surface area contributed by atoms with Gasteiger partial charge in [-0.05, 0) is 5.56 Å². The Hall–Kier alpha value is -1.11. The van der Waals surface area contributed by atoms with Gasteiger partial charge in [0.2, 0.25) is 0 Å². The molecule has 0 aliphatic rings. The monoisotopic (exact) mass is 123 g/mol. The van der Waals surface area contributed by atoms with E-state index in [4.69, 9.17) is 0 Å². The van der Waals surface area contributed by atoms with Crippen molar-refractivity contribution in [2.24, 2.45) is 0 Å². The minimum atomic E-state index is 0. The van der Waals surface area contributed by atoms with Crippen molar-refractivity contribution in [1.82, 2.24) is 0 Å². The van der Waals surface area contributed by atoms with Gasteiger partial charge in [0.25, 0.3) is 0 Å². The average molecular weight is 123 g/mol. The summed E-state index contributed by atoms with van der Waals surface area (Å²) in [7, 11) is 0. The van der Waals surface area contributed by atoms with Gasteiger partial charge >= 0.3 is 0 Å². The minimum Gasteiger partial charge on any atom is -1.00 e. The molecule has 1 heteroatoms. The average Bonchev–Trinajstić information content (AvgIpc) is 1.90. The highest BCUT2D eigenvalue weighted by molar-refractivity contribution is 5.45. The van der Waals surface area contributed by atoms with Gasteiger partial charge < -0.3 is 4.70 Å². The first-order valence-electron chi connectivity index (χ1n) is 2.61. The molecule has 1 rings (SSSR count). The Morgan fingerprint density at radius 3 is 2.00 bits per heavy atom. The fourth-order valence-corrected chi connectivity index (χ4v) is 0.589. The lowest BCUT2D eigenvalue weighted by molar-refractivity contribution is -0.00000158. The number of hydrogen-bond acceptors (Lipinski definition) is 0. The zero-order chi connectivity index (χ0) is 5.82. The lowest BCUT2D eigenvalue weighted by Crippen LogP contribution is -3.00. The zero-order valence-electron chi connectivity index (χ0n) is 5.05. The third kappa shape index (κ3) is 2.08. The van der Waals surface area contributed by atoms with Crippen molar-refractivity contribution in [1.29, 1.82) is 0 Å². The van der Waals surface area contributed by atoms with Gasteiger partial charge in [0.1, 0.15) is 0 Å². The van der Waals surface area contributed by atoms with E-state index in [9.17, 15) is 0 Å². The number of benzene rings is 1. The Labute approximate surface area is 54.2 Å². The fourth-order valence-electron chi connectivity index (χ4n) is 0.589. The molecule has 0 aliphatic heterocycles. The van der Waals surface area contributed by atoms with Crippen LogP contribution in [0.1, 0.15) is 5.56 Å². The summed E-state index contributed by atoms with van der Waals surface area (Å²) >= 11 is 0.